The number of nitrogens with zero attached hydrogens (tertiary/aromatic N) is 3. The molecule has 0 spiro atoms. The number of hydrogen-bond donors (Lipinski definition) is 2. The summed E-state index contributed by atoms with van der Waals surface area (Å²) in [4.78, 5) is 12.1. The molecule has 0 fully saturated rings. The number of nitrogens with two attached hydrogens (primary N) is 1. The molecule has 0 saturated heterocycles. The fraction of sp³-hybridized carbons (Fsp3) is 0.407. The van der Waals surface area contributed by atoms with Gasteiger partial charge in [-0.1, -0.05) is 43.7 Å². The molecule has 2 atom stereocenters. The van der Waals surface area contributed by atoms with Crippen LogP contribution in [0.2, 0.25) is 0 Å². The summed E-state index contributed by atoms with van der Waals surface area (Å²) in [7, 11) is 0. The molecule has 5 nitrogen and oxygen atoms in total. The van der Waals surface area contributed by atoms with E-state index in [1.165, 1.54) is 16.7 Å². The molecule has 170 valence electrons. The van der Waals surface area contributed by atoms with Crippen molar-refractivity contribution in [2.75, 3.05) is 0 Å². The molecule has 2 heterocycles. The molecule has 3 aromatic rings. The van der Waals surface area contributed by atoms with Gasteiger partial charge in [0.1, 0.15) is 0 Å². The third-order valence-electron chi connectivity index (χ3n) is 6.30. The number of aliphatic hydroxyl groups excluding tert-OH is 1. The van der Waals surface area contributed by atoms with E-state index in [0.717, 1.165) is 41.9 Å². The first-order chi connectivity index (χ1) is 15.5. The van der Waals surface area contributed by atoms with E-state index < -0.39 is 0 Å². The van der Waals surface area contributed by atoms with Crippen LogP contribution >= 0.6 is 0 Å². The van der Waals surface area contributed by atoms with Crippen LogP contribution in [0.1, 0.15) is 78.0 Å². The number of rotatable bonds is 10. The second-order valence-electron chi connectivity index (χ2n) is 8.53. The van der Waals surface area contributed by atoms with Crippen LogP contribution in [0.25, 0.3) is 0 Å². The van der Waals surface area contributed by atoms with Gasteiger partial charge < -0.3 is 10.8 Å². The van der Waals surface area contributed by atoms with Crippen molar-refractivity contribution < 1.29 is 5.11 Å². The Balaban J connectivity index is 2.10. The Kier molecular flexibility index (Phi) is 8.51. The highest BCUT2D eigenvalue weighted by Crippen LogP contribution is 2.36. The molecule has 0 saturated carbocycles. The topological polar surface area (TPSA) is 75.3 Å². The lowest BCUT2D eigenvalue weighted by atomic mass is 9.96. The maximum absolute atomic E-state index is 9.57. The van der Waals surface area contributed by atoms with Crippen LogP contribution < -0.4 is 5.73 Å². The van der Waals surface area contributed by atoms with Gasteiger partial charge in [-0.25, -0.2) is 0 Å². The third kappa shape index (κ3) is 5.41. The van der Waals surface area contributed by atoms with Gasteiger partial charge in [-0.15, -0.1) is 0 Å². The van der Waals surface area contributed by atoms with Gasteiger partial charge in [0.15, 0.2) is 0 Å². The summed E-state index contributed by atoms with van der Waals surface area (Å²) < 4.78 is 0. The number of hydrogen-bond acceptors (Lipinski definition) is 5. The van der Waals surface area contributed by atoms with Gasteiger partial charge >= 0.3 is 0 Å². The van der Waals surface area contributed by atoms with Crippen molar-refractivity contribution in [3.63, 3.8) is 0 Å². The minimum atomic E-state index is 0.0200. The van der Waals surface area contributed by atoms with Gasteiger partial charge in [0.05, 0.1) is 30.1 Å². The molecule has 0 amide bonds. The van der Waals surface area contributed by atoms with Gasteiger partial charge in [0, 0.05) is 25.5 Å². The predicted octanol–water partition coefficient (Wildman–Crippen LogP) is 5.15. The Morgan fingerprint density at radius 3 is 2.19 bits per heavy atom. The SMILES string of the molecule is CCC[C@H](c1ncccc1C)N(Cc1ccc(CO)cc1CN)[C@@H](C)c1ncccc1C. The summed E-state index contributed by atoms with van der Waals surface area (Å²) in [6.07, 6.45) is 5.82. The number of aliphatic hydroxyl groups is 1. The smallest absolute Gasteiger partial charge is 0.0681 e. The van der Waals surface area contributed by atoms with Gasteiger partial charge in [0.25, 0.3) is 0 Å². The summed E-state index contributed by atoms with van der Waals surface area (Å²) in [6.45, 7) is 9.92. The molecule has 0 aliphatic carbocycles. The molecule has 0 aliphatic rings. The summed E-state index contributed by atoms with van der Waals surface area (Å²) in [5.74, 6) is 0. The van der Waals surface area contributed by atoms with Crippen LogP contribution in [0.15, 0.2) is 54.9 Å². The van der Waals surface area contributed by atoms with Crippen molar-refractivity contribution in [3.8, 4) is 0 Å². The summed E-state index contributed by atoms with van der Waals surface area (Å²) in [5.41, 5.74) is 13.8. The van der Waals surface area contributed by atoms with Crippen LogP contribution in [-0.4, -0.2) is 20.0 Å². The maximum atomic E-state index is 9.57. The Labute approximate surface area is 192 Å². The first kappa shape index (κ1) is 24.1. The monoisotopic (exact) mass is 432 g/mol. The number of benzene rings is 1. The second-order valence-corrected chi connectivity index (χ2v) is 8.53. The van der Waals surface area contributed by atoms with E-state index in [1.54, 1.807) is 0 Å². The number of pyridine rings is 2. The van der Waals surface area contributed by atoms with E-state index >= 15 is 0 Å². The van der Waals surface area contributed by atoms with Crippen LogP contribution in [0.5, 0.6) is 0 Å². The number of aryl methyl sites for hydroxylation is 2. The molecule has 0 radical (unpaired) electrons. The summed E-state index contributed by atoms with van der Waals surface area (Å²) in [5, 5.41) is 9.57. The molecule has 0 aliphatic heterocycles. The van der Waals surface area contributed by atoms with E-state index in [2.05, 4.69) is 50.8 Å². The quantitative estimate of drug-likeness (QED) is 0.463. The molecule has 1 aromatic carbocycles. The van der Waals surface area contributed by atoms with E-state index in [-0.39, 0.29) is 18.7 Å². The standard InChI is InChI=1S/C27H36N4O/c1-5-8-25(27-20(3)10-7-14-30-27)31(21(4)26-19(2)9-6-13-29-26)17-23-12-11-22(18-32)15-24(23)16-28/h6-7,9-15,21,25,32H,5,8,16-18,28H2,1-4H3/t21-,25+/m0/s1. The lowest BCUT2D eigenvalue weighted by Gasteiger charge is -2.37. The normalized spacial score (nSPS) is 13.3. The van der Waals surface area contributed by atoms with Crippen LogP contribution in [0.4, 0.5) is 0 Å². The van der Waals surface area contributed by atoms with E-state index in [9.17, 15) is 5.11 Å². The van der Waals surface area contributed by atoms with Crippen molar-refractivity contribution in [1.82, 2.24) is 14.9 Å². The van der Waals surface area contributed by atoms with Crippen molar-refractivity contribution >= 4 is 0 Å². The first-order valence-corrected chi connectivity index (χ1v) is 11.5. The average molecular weight is 433 g/mol. The summed E-state index contributed by atoms with van der Waals surface area (Å²) in [6, 6.07) is 14.6. The van der Waals surface area contributed by atoms with E-state index in [1.807, 2.05) is 36.7 Å². The number of aromatic nitrogens is 2. The molecule has 2 aromatic heterocycles. The van der Waals surface area contributed by atoms with Crippen LogP contribution in [-0.2, 0) is 19.7 Å². The molecule has 5 heteroatoms. The fourth-order valence-electron chi connectivity index (χ4n) is 4.51. The lowest BCUT2D eigenvalue weighted by molar-refractivity contribution is 0.118. The van der Waals surface area contributed by atoms with Crippen molar-refractivity contribution in [1.29, 1.82) is 0 Å². The van der Waals surface area contributed by atoms with Gasteiger partial charge in [0.2, 0.25) is 0 Å². The van der Waals surface area contributed by atoms with E-state index in [4.69, 9.17) is 15.7 Å². The zero-order chi connectivity index (χ0) is 23.1. The fourth-order valence-corrected chi connectivity index (χ4v) is 4.51. The molecule has 0 unspecified atom stereocenters. The molecular formula is C27H36N4O. The molecule has 3 N–H and O–H groups in total. The highest BCUT2D eigenvalue weighted by molar-refractivity contribution is 5.33. The molecule has 0 bridgehead atoms. The first-order valence-electron chi connectivity index (χ1n) is 11.5. The minimum absolute atomic E-state index is 0.0200. The van der Waals surface area contributed by atoms with Crippen LogP contribution in [0, 0.1) is 13.8 Å². The van der Waals surface area contributed by atoms with Crippen molar-refractivity contribution in [3.05, 3.63) is 94.1 Å². The Bertz CT molecular complexity index is 1020. The second kappa shape index (κ2) is 11.3. The van der Waals surface area contributed by atoms with Gasteiger partial charge in [-0.3, -0.25) is 14.9 Å². The Morgan fingerprint density at radius 1 is 0.969 bits per heavy atom. The zero-order valence-electron chi connectivity index (χ0n) is 19.8. The van der Waals surface area contributed by atoms with Gasteiger partial charge in [-0.05, 0) is 67.1 Å². The zero-order valence-corrected chi connectivity index (χ0v) is 19.8. The summed E-state index contributed by atoms with van der Waals surface area (Å²) >= 11 is 0. The highest BCUT2D eigenvalue weighted by Gasteiger charge is 2.29. The minimum Gasteiger partial charge on any atom is -0.392 e. The Morgan fingerprint density at radius 2 is 1.62 bits per heavy atom. The maximum Gasteiger partial charge on any atom is 0.0681 e. The largest absolute Gasteiger partial charge is 0.392 e. The van der Waals surface area contributed by atoms with Crippen molar-refractivity contribution in [2.24, 2.45) is 5.73 Å². The van der Waals surface area contributed by atoms with Crippen molar-refractivity contribution in [2.45, 2.75) is 72.3 Å². The molecule has 32 heavy (non-hydrogen) atoms. The lowest BCUT2D eigenvalue weighted by Crippen LogP contribution is -2.33. The van der Waals surface area contributed by atoms with Gasteiger partial charge in [-0.2, -0.15) is 0 Å². The molecule has 3 rings (SSSR count). The highest BCUT2D eigenvalue weighted by atomic mass is 16.3. The molecular weight excluding hydrogens is 396 g/mol. The average Bonchev–Trinajstić information content (AvgIpc) is 2.81. The predicted molar refractivity (Wildman–Crippen MR) is 130 cm³/mol. The third-order valence-corrected chi connectivity index (χ3v) is 6.30. The van der Waals surface area contributed by atoms with E-state index in [0.29, 0.717) is 6.54 Å². The van der Waals surface area contributed by atoms with Crippen LogP contribution in [0.3, 0.4) is 0 Å². The Hall–Kier alpha value is -2.60.